The van der Waals surface area contributed by atoms with Crippen molar-refractivity contribution in [3.63, 3.8) is 0 Å². The number of nitro benzene ring substituents is 1. The van der Waals surface area contributed by atoms with Gasteiger partial charge in [0.2, 0.25) is 5.82 Å². The lowest BCUT2D eigenvalue weighted by Crippen LogP contribution is -2.46. The number of anilines is 2. The first-order valence-electron chi connectivity index (χ1n) is 10.8. The van der Waals surface area contributed by atoms with Crippen molar-refractivity contribution in [1.82, 2.24) is 10.1 Å². The van der Waals surface area contributed by atoms with Crippen LogP contribution in [0.1, 0.15) is 5.56 Å². The molecule has 166 valence electrons. The van der Waals surface area contributed by atoms with Crippen LogP contribution >= 0.6 is 0 Å². The number of aromatic nitrogens is 2. The normalized spacial score (nSPS) is 13.8. The zero-order valence-electron chi connectivity index (χ0n) is 18.2. The molecule has 2 heterocycles. The van der Waals surface area contributed by atoms with E-state index in [9.17, 15) is 10.1 Å². The minimum Gasteiger partial charge on any atom is -0.368 e. The molecule has 3 aromatic carbocycles. The lowest BCUT2D eigenvalue weighted by atomic mass is 10.1. The van der Waals surface area contributed by atoms with Crippen molar-refractivity contribution in [3.8, 4) is 22.8 Å². The number of nitro groups is 1. The highest BCUT2D eigenvalue weighted by Gasteiger charge is 2.25. The van der Waals surface area contributed by atoms with Gasteiger partial charge in [-0.25, -0.2) is 0 Å². The highest BCUT2D eigenvalue weighted by atomic mass is 16.6. The maximum absolute atomic E-state index is 11.9. The zero-order chi connectivity index (χ0) is 22.8. The summed E-state index contributed by atoms with van der Waals surface area (Å²) in [5, 5.41) is 16.0. The van der Waals surface area contributed by atoms with Gasteiger partial charge in [-0.1, -0.05) is 47.1 Å². The van der Waals surface area contributed by atoms with Crippen LogP contribution in [0, 0.1) is 17.0 Å². The summed E-state index contributed by atoms with van der Waals surface area (Å²) < 4.78 is 5.42. The Bertz CT molecular complexity index is 1280. The van der Waals surface area contributed by atoms with Crippen LogP contribution in [0.15, 0.2) is 77.3 Å². The third-order valence-corrected chi connectivity index (χ3v) is 5.86. The molecule has 5 rings (SSSR count). The number of piperazine rings is 1. The standard InChI is InChI=1S/C25H23N5O3/c1-18-6-5-7-19(16-18)24-26-25(33-27-24)20-10-11-22(23(17-20)30(31)32)29-14-12-28(13-15-29)21-8-3-2-4-9-21/h2-11,16-17H,12-15H2,1H3. The van der Waals surface area contributed by atoms with E-state index in [4.69, 9.17) is 4.52 Å². The maximum Gasteiger partial charge on any atom is 0.293 e. The lowest BCUT2D eigenvalue weighted by molar-refractivity contribution is -0.384. The number of hydrogen-bond acceptors (Lipinski definition) is 7. The first-order chi connectivity index (χ1) is 16.1. The molecule has 0 atom stereocenters. The summed E-state index contributed by atoms with van der Waals surface area (Å²) in [5.74, 6) is 0.715. The second-order valence-electron chi connectivity index (χ2n) is 8.06. The predicted octanol–water partition coefficient (Wildman–Crippen LogP) is 4.95. The monoisotopic (exact) mass is 441 g/mol. The van der Waals surface area contributed by atoms with Crippen molar-refractivity contribution >= 4 is 17.1 Å². The quantitative estimate of drug-likeness (QED) is 0.320. The van der Waals surface area contributed by atoms with Crippen molar-refractivity contribution in [3.05, 3.63) is 88.5 Å². The first-order valence-corrected chi connectivity index (χ1v) is 10.8. The Balaban J connectivity index is 1.38. The predicted molar refractivity (Wildman–Crippen MR) is 127 cm³/mol. The fourth-order valence-corrected chi connectivity index (χ4v) is 4.16. The summed E-state index contributed by atoms with van der Waals surface area (Å²) in [7, 11) is 0. The molecule has 33 heavy (non-hydrogen) atoms. The van der Waals surface area contributed by atoms with Crippen LogP contribution in [0.25, 0.3) is 22.8 Å². The molecule has 0 aliphatic carbocycles. The minimum absolute atomic E-state index is 0.0379. The van der Waals surface area contributed by atoms with E-state index in [1.807, 2.05) is 49.4 Å². The molecular weight excluding hydrogens is 418 g/mol. The lowest BCUT2D eigenvalue weighted by Gasteiger charge is -2.37. The van der Waals surface area contributed by atoms with Gasteiger partial charge < -0.3 is 14.3 Å². The molecule has 8 heteroatoms. The molecule has 0 N–H and O–H groups in total. The average molecular weight is 441 g/mol. The van der Waals surface area contributed by atoms with Crippen LogP contribution in [0.5, 0.6) is 0 Å². The van der Waals surface area contributed by atoms with Crippen LogP contribution in [-0.2, 0) is 0 Å². The number of benzene rings is 3. The van der Waals surface area contributed by atoms with E-state index in [0.717, 1.165) is 24.2 Å². The van der Waals surface area contributed by atoms with E-state index in [1.165, 1.54) is 11.8 Å². The summed E-state index contributed by atoms with van der Waals surface area (Å²) in [5.41, 5.74) is 4.27. The van der Waals surface area contributed by atoms with Gasteiger partial charge in [-0.2, -0.15) is 4.98 Å². The molecule has 0 radical (unpaired) electrons. The van der Waals surface area contributed by atoms with E-state index in [-0.39, 0.29) is 16.5 Å². The van der Waals surface area contributed by atoms with E-state index in [1.54, 1.807) is 12.1 Å². The molecular formula is C25H23N5O3. The molecule has 0 bridgehead atoms. The fraction of sp³-hybridized carbons (Fsp3) is 0.200. The SMILES string of the molecule is Cc1cccc(-c2noc(-c3ccc(N4CCN(c5ccccc5)CC4)c([N+](=O)[O-])c3)n2)c1. The van der Waals surface area contributed by atoms with Gasteiger partial charge >= 0.3 is 0 Å². The van der Waals surface area contributed by atoms with Gasteiger partial charge in [-0.15, -0.1) is 0 Å². The van der Waals surface area contributed by atoms with Crippen molar-refractivity contribution in [2.75, 3.05) is 36.0 Å². The van der Waals surface area contributed by atoms with Crippen LogP contribution < -0.4 is 9.80 Å². The Morgan fingerprint density at radius 2 is 1.64 bits per heavy atom. The molecule has 0 saturated carbocycles. The van der Waals surface area contributed by atoms with E-state index in [2.05, 4.69) is 32.1 Å². The second-order valence-corrected chi connectivity index (χ2v) is 8.06. The molecule has 1 aliphatic rings. The minimum atomic E-state index is -0.347. The smallest absolute Gasteiger partial charge is 0.293 e. The summed E-state index contributed by atoms with van der Waals surface area (Å²) >= 11 is 0. The first kappa shape index (κ1) is 20.7. The van der Waals surface area contributed by atoms with Gasteiger partial charge in [0, 0.05) is 49.1 Å². The molecule has 1 aliphatic heterocycles. The summed E-state index contributed by atoms with van der Waals surface area (Å²) in [6.45, 7) is 4.99. The van der Waals surface area contributed by atoms with Crippen LogP contribution in [0.2, 0.25) is 0 Å². The van der Waals surface area contributed by atoms with Gasteiger partial charge in [0.1, 0.15) is 5.69 Å². The van der Waals surface area contributed by atoms with Crippen LogP contribution in [0.3, 0.4) is 0 Å². The van der Waals surface area contributed by atoms with Crippen molar-refractivity contribution in [2.24, 2.45) is 0 Å². The van der Waals surface area contributed by atoms with Gasteiger partial charge in [0.25, 0.3) is 11.6 Å². The highest BCUT2D eigenvalue weighted by Crippen LogP contribution is 2.34. The van der Waals surface area contributed by atoms with Crippen molar-refractivity contribution in [2.45, 2.75) is 6.92 Å². The Hall–Kier alpha value is -4.20. The van der Waals surface area contributed by atoms with Gasteiger partial charge in [-0.05, 0) is 37.3 Å². The Kier molecular flexibility index (Phi) is 5.48. The van der Waals surface area contributed by atoms with Crippen LogP contribution in [-0.4, -0.2) is 41.2 Å². The molecule has 0 amide bonds. The molecule has 8 nitrogen and oxygen atoms in total. The Morgan fingerprint density at radius 1 is 0.879 bits per heavy atom. The summed E-state index contributed by atoms with van der Waals surface area (Å²) in [6.07, 6.45) is 0. The molecule has 4 aromatic rings. The largest absolute Gasteiger partial charge is 0.368 e. The van der Waals surface area contributed by atoms with Crippen molar-refractivity contribution in [1.29, 1.82) is 0 Å². The summed E-state index contributed by atoms with van der Waals surface area (Å²) in [4.78, 5) is 20.4. The average Bonchev–Trinajstić information content (AvgIpc) is 3.35. The van der Waals surface area contributed by atoms with E-state index >= 15 is 0 Å². The number of para-hydroxylation sites is 1. The zero-order valence-corrected chi connectivity index (χ0v) is 18.2. The third kappa shape index (κ3) is 4.27. The summed E-state index contributed by atoms with van der Waals surface area (Å²) in [6, 6.07) is 23.1. The fourth-order valence-electron chi connectivity index (χ4n) is 4.16. The van der Waals surface area contributed by atoms with Gasteiger partial charge in [0.15, 0.2) is 0 Å². The Labute approximate surface area is 191 Å². The van der Waals surface area contributed by atoms with E-state index in [0.29, 0.717) is 30.2 Å². The topological polar surface area (TPSA) is 88.5 Å². The van der Waals surface area contributed by atoms with Crippen molar-refractivity contribution < 1.29 is 9.45 Å². The van der Waals surface area contributed by atoms with E-state index < -0.39 is 0 Å². The number of hydrogen-bond donors (Lipinski definition) is 0. The van der Waals surface area contributed by atoms with Crippen LogP contribution in [0.4, 0.5) is 17.1 Å². The van der Waals surface area contributed by atoms with Gasteiger partial charge in [0.05, 0.1) is 4.92 Å². The second kappa shape index (κ2) is 8.74. The highest BCUT2D eigenvalue weighted by molar-refractivity contribution is 5.72. The third-order valence-electron chi connectivity index (χ3n) is 5.86. The Morgan fingerprint density at radius 3 is 2.36 bits per heavy atom. The molecule has 1 saturated heterocycles. The molecule has 0 spiro atoms. The molecule has 1 aromatic heterocycles. The number of nitrogens with zero attached hydrogens (tertiary/aromatic N) is 5. The van der Waals surface area contributed by atoms with Gasteiger partial charge in [-0.3, -0.25) is 10.1 Å². The number of aryl methyl sites for hydroxylation is 1. The molecule has 0 unspecified atom stereocenters. The number of rotatable bonds is 5. The maximum atomic E-state index is 11.9. The molecule has 1 fully saturated rings.